The van der Waals surface area contributed by atoms with Gasteiger partial charge < -0.3 is 4.74 Å². The van der Waals surface area contributed by atoms with Crippen LogP contribution in [-0.2, 0) is 6.42 Å². The van der Waals surface area contributed by atoms with Crippen molar-refractivity contribution in [3.8, 4) is 16.2 Å². The molecule has 3 aromatic rings. The van der Waals surface area contributed by atoms with E-state index in [1.807, 2.05) is 30.4 Å². The summed E-state index contributed by atoms with van der Waals surface area (Å²) in [4.78, 5) is 2.72. The van der Waals surface area contributed by atoms with Crippen LogP contribution in [-0.4, -0.2) is 6.61 Å². The average Bonchev–Trinajstić information content (AvgIpc) is 3.01. The SMILES string of the molecule is CCOc1ccc(-c2ccc(Cc3cc(C)ccc3C)s2)cc1. The number of benzene rings is 2. The summed E-state index contributed by atoms with van der Waals surface area (Å²) in [6, 6.07) is 19.5. The topological polar surface area (TPSA) is 9.23 Å². The van der Waals surface area contributed by atoms with Gasteiger partial charge in [-0.2, -0.15) is 0 Å². The van der Waals surface area contributed by atoms with E-state index < -0.39 is 0 Å². The van der Waals surface area contributed by atoms with Crippen LogP contribution < -0.4 is 4.74 Å². The van der Waals surface area contributed by atoms with E-state index in [1.54, 1.807) is 0 Å². The first-order valence-electron chi connectivity index (χ1n) is 8.04. The third kappa shape index (κ3) is 3.83. The molecule has 0 aliphatic rings. The summed E-state index contributed by atoms with van der Waals surface area (Å²) in [5.41, 5.74) is 5.37. The van der Waals surface area contributed by atoms with Gasteiger partial charge in [-0.15, -0.1) is 11.3 Å². The van der Waals surface area contributed by atoms with Crippen molar-refractivity contribution < 1.29 is 4.74 Å². The third-order valence-electron chi connectivity index (χ3n) is 3.98. The Hall–Kier alpha value is -2.06. The van der Waals surface area contributed by atoms with Gasteiger partial charge in [0.25, 0.3) is 0 Å². The summed E-state index contributed by atoms with van der Waals surface area (Å²) in [6.07, 6.45) is 1.01. The van der Waals surface area contributed by atoms with Crippen LogP contribution in [0.2, 0.25) is 0 Å². The van der Waals surface area contributed by atoms with Crippen molar-refractivity contribution in [3.05, 3.63) is 76.2 Å². The summed E-state index contributed by atoms with van der Waals surface area (Å²) < 4.78 is 5.51. The van der Waals surface area contributed by atoms with Crippen LogP contribution in [0.3, 0.4) is 0 Å². The Morgan fingerprint density at radius 2 is 1.70 bits per heavy atom. The van der Waals surface area contributed by atoms with Crippen molar-refractivity contribution in [1.29, 1.82) is 0 Å². The summed E-state index contributed by atoms with van der Waals surface area (Å²) >= 11 is 1.87. The van der Waals surface area contributed by atoms with E-state index in [9.17, 15) is 0 Å². The molecule has 1 heterocycles. The number of hydrogen-bond donors (Lipinski definition) is 0. The highest BCUT2D eigenvalue weighted by Crippen LogP contribution is 2.31. The van der Waals surface area contributed by atoms with Crippen LogP contribution in [0.25, 0.3) is 10.4 Å². The molecular formula is C21H22OS. The second-order valence-electron chi connectivity index (χ2n) is 5.83. The highest BCUT2D eigenvalue weighted by atomic mass is 32.1. The molecule has 2 heteroatoms. The molecule has 1 aromatic heterocycles. The second kappa shape index (κ2) is 7.01. The number of thiophene rings is 1. The minimum atomic E-state index is 0.707. The molecule has 0 spiro atoms. The van der Waals surface area contributed by atoms with E-state index in [-0.39, 0.29) is 0 Å². The first-order valence-corrected chi connectivity index (χ1v) is 8.85. The lowest BCUT2D eigenvalue weighted by Crippen LogP contribution is -1.90. The first-order chi connectivity index (χ1) is 11.2. The quantitative estimate of drug-likeness (QED) is 0.558. The molecule has 0 aliphatic heterocycles. The van der Waals surface area contributed by atoms with E-state index in [4.69, 9.17) is 4.74 Å². The minimum absolute atomic E-state index is 0.707. The molecule has 1 nitrogen and oxygen atoms in total. The molecule has 3 rings (SSSR count). The first kappa shape index (κ1) is 15.8. The Morgan fingerprint density at radius 1 is 0.913 bits per heavy atom. The van der Waals surface area contributed by atoms with Crippen molar-refractivity contribution in [2.45, 2.75) is 27.2 Å². The van der Waals surface area contributed by atoms with Gasteiger partial charge in [0, 0.05) is 16.2 Å². The Bertz CT molecular complexity index is 784. The van der Waals surface area contributed by atoms with Crippen LogP contribution in [0.15, 0.2) is 54.6 Å². The van der Waals surface area contributed by atoms with Crippen molar-refractivity contribution in [3.63, 3.8) is 0 Å². The maximum absolute atomic E-state index is 5.51. The normalized spacial score (nSPS) is 10.7. The zero-order valence-electron chi connectivity index (χ0n) is 13.9. The van der Waals surface area contributed by atoms with Crippen LogP contribution in [0.4, 0.5) is 0 Å². The van der Waals surface area contributed by atoms with Gasteiger partial charge in [0.2, 0.25) is 0 Å². The molecular weight excluding hydrogens is 300 g/mol. The summed E-state index contributed by atoms with van der Waals surface area (Å²) in [7, 11) is 0. The van der Waals surface area contributed by atoms with Gasteiger partial charge in [0.1, 0.15) is 5.75 Å². The van der Waals surface area contributed by atoms with Crippen molar-refractivity contribution in [2.24, 2.45) is 0 Å². The fraction of sp³-hybridized carbons (Fsp3) is 0.238. The molecule has 0 aliphatic carbocycles. The van der Waals surface area contributed by atoms with Gasteiger partial charge in [-0.25, -0.2) is 0 Å². The zero-order chi connectivity index (χ0) is 16.2. The highest BCUT2D eigenvalue weighted by Gasteiger charge is 2.06. The van der Waals surface area contributed by atoms with E-state index in [1.165, 1.54) is 32.0 Å². The fourth-order valence-corrected chi connectivity index (χ4v) is 3.72. The van der Waals surface area contributed by atoms with Crippen molar-refractivity contribution in [2.75, 3.05) is 6.61 Å². The Morgan fingerprint density at radius 3 is 2.43 bits per heavy atom. The fourth-order valence-electron chi connectivity index (χ4n) is 2.69. The summed E-state index contributed by atoms with van der Waals surface area (Å²) in [5, 5.41) is 0. The lowest BCUT2D eigenvalue weighted by Gasteiger charge is -2.05. The van der Waals surface area contributed by atoms with E-state index in [2.05, 4.69) is 56.3 Å². The molecule has 0 bridgehead atoms. The molecule has 0 radical (unpaired) electrons. The van der Waals surface area contributed by atoms with E-state index in [0.717, 1.165) is 12.2 Å². The number of ether oxygens (including phenoxy) is 1. The average molecular weight is 322 g/mol. The number of hydrogen-bond acceptors (Lipinski definition) is 2. The molecule has 0 amide bonds. The number of aryl methyl sites for hydroxylation is 2. The van der Waals surface area contributed by atoms with Gasteiger partial charge in [0.15, 0.2) is 0 Å². The predicted molar refractivity (Wildman–Crippen MR) is 99.6 cm³/mol. The Kier molecular flexibility index (Phi) is 4.82. The molecule has 0 unspecified atom stereocenters. The summed E-state index contributed by atoms with van der Waals surface area (Å²) in [6.45, 7) is 7.06. The maximum Gasteiger partial charge on any atom is 0.119 e. The van der Waals surface area contributed by atoms with E-state index in [0.29, 0.717) is 6.61 Å². The molecule has 2 aromatic carbocycles. The molecule has 0 saturated carbocycles. The van der Waals surface area contributed by atoms with Crippen molar-refractivity contribution in [1.82, 2.24) is 0 Å². The van der Waals surface area contributed by atoms with Crippen LogP contribution in [0, 0.1) is 13.8 Å². The predicted octanol–water partition coefficient (Wildman–Crippen LogP) is 6.02. The van der Waals surface area contributed by atoms with Gasteiger partial charge in [-0.3, -0.25) is 0 Å². The number of rotatable bonds is 5. The largest absolute Gasteiger partial charge is 0.494 e. The van der Waals surface area contributed by atoms with Gasteiger partial charge >= 0.3 is 0 Å². The molecule has 0 atom stereocenters. The van der Waals surface area contributed by atoms with Crippen LogP contribution in [0.5, 0.6) is 5.75 Å². The van der Waals surface area contributed by atoms with Crippen LogP contribution in [0.1, 0.15) is 28.5 Å². The van der Waals surface area contributed by atoms with Gasteiger partial charge in [0.05, 0.1) is 6.61 Å². The molecule has 23 heavy (non-hydrogen) atoms. The summed E-state index contributed by atoms with van der Waals surface area (Å²) in [5.74, 6) is 0.934. The minimum Gasteiger partial charge on any atom is -0.494 e. The van der Waals surface area contributed by atoms with Gasteiger partial charge in [-0.1, -0.05) is 23.8 Å². The molecule has 0 saturated heterocycles. The Labute approximate surface area is 142 Å². The lowest BCUT2D eigenvalue weighted by atomic mass is 10.0. The Balaban J connectivity index is 1.78. The zero-order valence-corrected chi connectivity index (χ0v) is 14.7. The molecule has 0 fully saturated rings. The van der Waals surface area contributed by atoms with Crippen LogP contribution >= 0.6 is 11.3 Å². The highest BCUT2D eigenvalue weighted by molar-refractivity contribution is 7.15. The maximum atomic E-state index is 5.51. The standard InChI is InChI=1S/C21H22OS/c1-4-22-19-9-7-17(8-10-19)21-12-11-20(23-21)14-18-13-15(2)5-6-16(18)3/h5-13H,4,14H2,1-3H3. The third-order valence-corrected chi connectivity index (χ3v) is 5.12. The van der Waals surface area contributed by atoms with Crippen molar-refractivity contribution >= 4 is 11.3 Å². The monoisotopic (exact) mass is 322 g/mol. The second-order valence-corrected chi connectivity index (χ2v) is 7.00. The van der Waals surface area contributed by atoms with E-state index >= 15 is 0 Å². The molecule has 118 valence electrons. The molecule has 0 N–H and O–H groups in total. The lowest BCUT2D eigenvalue weighted by molar-refractivity contribution is 0.340. The smallest absolute Gasteiger partial charge is 0.119 e. The van der Waals surface area contributed by atoms with Gasteiger partial charge in [-0.05, 0) is 73.9 Å².